The minimum Gasteiger partial charge on any atom is -0.489 e. The van der Waals surface area contributed by atoms with Crippen LogP contribution in [0, 0.1) is 0 Å². The Hall–Kier alpha value is -4.30. The molecule has 7 rings (SSSR count). The molecule has 3 aromatic carbocycles. The highest BCUT2D eigenvalue weighted by Crippen LogP contribution is 2.44. The molecule has 1 saturated carbocycles. The number of hydrogen-bond acceptors (Lipinski definition) is 5. The lowest BCUT2D eigenvalue weighted by atomic mass is 9.82. The van der Waals surface area contributed by atoms with Crippen LogP contribution in [0.4, 0.5) is 11.4 Å². The largest absolute Gasteiger partial charge is 0.489 e. The van der Waals surface area contributed by atoms with E-state index in [-0.39, 0.29) is 5.91 Å². The Balaban J connectivity index is 1.17. The second kappa shape index (κ2) is 13.4. The monoisotopic (exact) mass is 635 g/mol. The zero-order chi connectivity index (χ0) is 32.5. The normalized spacial score (nSPS) is 18.0. The summed E-state index contributed by atoms with van der Waals surface area (Å²) in [6, 6.07) is 20.2. The van der Waals surface area contributed by atoms with Gasteiger partial charge in [0.1, 0.15) is 12.4 Å². The molecule has 1 aliphatic carbocycles. The summed E-state index contributed by atoms with van der Waals surface area (Å²) in [5, 5.41) is 10.8. The predicted octanol–water partition coefficient (Wildman–Crippen LogP) is 7.91. The van der Waals surface area contributed by atoms with E-state index in [1.54, 1.807) is 13.2 Å². The van der Waals surface area contributed by atoms with E-state index in [2.05, 4.69) is 46.8 Å². The predicted molar refractivity (Wildman–Crippen MR) is 186 cm³/mol. The van der Waals surface area contributed by atoms with Crippen molar-refractivity contribution in [2.75, 3.05) is 36.5 Å². The number of amides is 1. The SMILES string of the molecule is COC1CCN(c2ccc(N3CCCC3=O)cc2COc2ccc(-c3c(C4CCCCC4)c4ccc(C(=O)O)cc4n3C)cc2)CC1. The van der Waals surface area contributed by atoms with Crippen LogP contribution >= 0.6 is 0 Å². The summed E-state index contributed by atoms with van der Waals surface area (Å²) in [6.45, 7) is 3.00. The highest BCUT2D eigenvalue weighted by Gasteiger charge is 2.27. The topological polar surface area (TPSA) is 84.2 Å². The maximum atomic E-state index is 12.6. The molecule has 3 heterocycles. The van der Waals surface area contributed by atoms with Crippen molar-refractivity contribution < 1.29 is 24.2 Å². The minimum absolute atomic E-state index is 0.182. The van der Waals surface area contributed by atoms with Gasteiger partial charge in [-0.05, 0) is 104 Å². The van der Waals surface area contributed by atoms with E-state index < -0.39 is 5.97 Å². The number of aromatic nitrogens is 1. The van der Waals surface area contributed by atoms with Crippen molar-refractivity contribution >= 4 is 34.2 Å². The summed E-state index contributed by atoms with van der Waals surface area (Å²) in [5.74, 6) is 0.513. The summed E-state index contributed by atoms with van der Waals surface area (Å²) in [5.41, 5.74) is 8.03. The summed E-state index contributed by atoms with van der Waals surface area (Å²) >= 11 is 0. The third-order valence-corrected chi connectivity index (χ3v) is 10.6. The summed E-state index contributed by atoms with van der Waals surface area (Å²) in [6.07, 6.45) is 9.79. The first-order valence-electron chi connectivity index (χ1n) is 17.2. The van der Waals surface area contributed by atoms with Gasteiger partial charge in [-0.15, -0.1) is 0 Å². The molecule has 47 heavy (non-hydrogen) atoms. The van der Waals surface area contributed by atoms with Gasteiger partial charge in [-0.2, -0.15) is 0 Å². The number of carboxylic acid groups (broad SMARTS) is 1. The number of piperidine rings is 1. The van der Waals surface area contributed by atoms with Crippen molar-refractivity contribution in [2.24, 2.45) is 7.05 Å². The quantitative estimate of drug-likeness (QED) is 0.201. The van der Waals surface area contributed by atoms with Crippen LogP contribution in [0.25, 0.3) is 22.2 Å². The molecule has 0 bridgehead atoms. The van der Waals surface area contributed by atoms with Gasteiger partial charge in [0.15, 0.2) is 0 Å². The number of anilines is 2. The van der Waals surface area contributed by atoms with E-state index in [1.807, 2.05) is 29.2 Å². The van der Waals surface area contributed by atoms with Gasteiger partial charge >= 0.3 is 5.97 Å². The highest BCUT2D eigenvalue weighted by molar-refractivity contribution is 5.98. The van der Waals surface area contributed by atoms with Crippen LogP contribution in [-0.2, 0) is 23.2 Å². The van der Waals surface area contributed by atoms with Gasteiger partial charge < -0.3 is 28.9 Å². The molecule has 8 nitrogen and oxygen atoms in total. The smallest absolute Gasteiger partial charge is 0.335 e. The van der Waals surface area contributed by atoms with Gasteiger partial charge in [0.05, 0.1) is 17.4 Å². The summed E-state index contributed by atoms with van der Waals surface area (Å²) in [7, 11) is 3.84. The Labute approximate surface area is 276 Å². The molecular weight excluding hydrogens is 590 g/mol. The zero-order valence-corrected chi connectivity index (χ0v) is 27.5. The summed E-state index contributed by atoms with van der Waals surface area (Å²) < 4.78 is 14.2. The Morgan fingerprint density at radius 3 is 2.34 bits per heavy atom. The fourth-order valence-corrected chi connectivity index (χ4v) is 8.04. The van der Waals surface area contributed by atoms with Crippen molar-refractivity contribution in [1.82, 2.24) is 4.57 Å². The van der Waals surface area contributed by atoms with Crippen LogP contribution in [-0.4, -0.2) is 54.4 Å². The van der Waals surface area contributed by atoms with Crippen molar-refractivity contribution in [3.63, 3.8) is 0 Å². The number of ether oxygens (including phenoxy) is 2. The molecule has 8 heteroatoms. The van der Waals surface area contributed by atoms with Crippen molar-refractivity contribution in [1.29, 1.82) is 0 Å². The summed E-state index contributed by atoms with van der Waals surface area (Å²) in [4.78, 5) is 28.7. The Bertz CT molecular complexity index is 1760. The molecule has 1 aromatic heterocycles. The van der Waals surface area contributed by atoms with Crippen LogP contribution in [0.5, 0.6) is 5.75 Å². The fraction of sp³-hybridized carbons (Fsp3) is 0.436. The number of aromatic carboxylic acids is 1. The van der Waals surface area contributed by atoms with E-state index in [9.17, 15) is 14.7 Å². The number of nitrogens with zero attached hydrogens (tertiary/aromatic N) is 3. The van der Waals surface area contributed by atoms with Gasteiger partial charge in [-0.1, -0.05) is 25.3 Å². The van der Waals surface area contributed by atoms with Crippen molar-refractivity contribution in [3.8, 4) is 17.0 Å². The highest BCUT2D eigenvalue weighted by atomic mass is 16.5. The Kier molecular flexibility index (Phi) is 8.95. The molecule has 2 aliphatic heterocycles. The molecular formula is C39H45N3O5. The minimum atomic E-state index is -0.907. The Morgan fingerprint density at radius 1 is 0.894 bits per heavy atom. The molecule has 2 saturated heterocycles. The molecule has 3 fully saturated rings. The number of carbonyl (C=O) groups is 2. The lowest BCUT2D eigenvalue weighted by Gasteiger charge is -2.34. The fourth-order valence-electron chi connectivity index (χ4n) is 8.04. The van der Waals surface area contributed by atoms with E-state index in [1.165, 1.54) is 24.8 Å². The Morgan fingerprint density at radius 2 is 1.66 bits per heavy atom. The van der Waals surface area contributed by atoms with E-state index in [0.717, 1.165) is 96.6 Å². The molecule has 0 unspecified atom stereocenters. The molecule has 3 aliphatic rings. The van der Waals surface area contributed by atoms with Gasteiger partial charge in [0, 0.05) is 68.1 Å². The first kappa shape index (κ1) is 31.3. The average Bonchev–Trinajstić information content (AvgIpc) is 3.67. The van der Waals surface area contributed by atoms with Crippen molar-refractivity contribution in [2.45, 2.75) is 76.4 Å². The molecule has 1 N–H and O–H groups in total. The van der Waals surface area contributed by atoms with Crippen molar-refractivity contribution in [3.05, 3.63) is 77.4 Å². The number of hydrogen-bond donors (Lipinski definition) is 1. The van der Waals surface area contributed by atoms with Gasteiger partial charge in [0.25, 0.3) is 0 Å². The van der Waals surface area contributed by atoms with Crippen LogP contribution in [0.3, 0.4) is 0 Å². The number of carbonyl (C=O) groups excluding carboxylic acids is 1. The number of aryl methyl sites for hydroxylation is 1. The van der Waals surface area contributed by atoms with E-state index >= 15 is 0 Å². The van der Waals surface area contributed by atoms with E-state index in [4.69, 9.17) is 9.47 Å². The third-order valence-electron chi connectivity index (χ3n) is 10.6. The lowest BCUT2D eigenvalue weighted by molar-refractivity contribution is -0.117. The first-order valence-corrected chi connectivity index (χ1v) is 17.2. The van der Waals surface area contributed by atoms with Crippen LogP contribution in [0.1, 0.15) is 85.2 Å². The molecule has 1 amide bonds. The van der Waals surface area contributed by atoms with E-state index in [0.29, 0.717) is 30.6 Å². The molecule has 0 spiro atoms. The molecule has 246 valence electrons. The number of carboxylic acids is 1. The first-order chi connectivity index (χ1) is 22.9. The standard InChI is InChI=1S/C39H45N3O5/c1-40-35-24-28(39(44)45)12-16-33(35)37(26-7-4-3-5-8-26)38(40)27-10-14-32(15-11-27)47-25-29-23-30(42-20-6-9-36(42)43)13-17-34(29)41-21-18-31(46-2)19-22-41/h10-17,23-24,26,31H,3-9,18-22,25H2,1-2H3,(H,44,45). The maximum Gasteiger partial charge on any atom is 0.335 e. The second-order valence-electron chi connectivity index (χ2n) is 13.4. The lowest BCUT2D eigenvalue weighted by Crippen LogP contribution is -2.37. The molecule has 0 radical (unpaired) electrons. The van der Waals surface area contributed by atoms with Gasteiger partial charge in [0.2, 0.25) is 5.91 Å². The number of rotatable bonds is 9. The number of methoxy groups -OCH3 is 1. The second-order valence-corrected chi connectivity index (χ2v) is 13.4. The number of fused-ring (bicyclic) bond motifs is 1. The molecule has 0 atom stereocenters. The molecule has 4 aromatic rings. The van der Waals surface area contributed by atoms with Crippen LogP contribution in [0.2, 0.25) is 0 Å². The zero-order valence-electron chi connectivity index (χ0n) is 27.5. The maximum absolute atomic E-state index is 12.6. The number of benzene rings is 3. The third kappa shape index (κ3) is 6.23. The van der Waals surface area contributed by atoms with Crippen LogP contribution in [0.15, 0.2) is 60.7 Å². The van der Waals surface area contributed by atoms with Gasteiger partial charge in [-0.25, -0.2) is 4.79 Å². The average molecular weight is 636 g/mol. The van der Waals surface area contributed by atoms with Crippen LogP contribution < -0.4 is 14.5 Å². The van der Waals surface area contributed by atoms with Gasteiger partial charge in [-0.3, -0.25) is 4.79 Å².